The van der Waals surface area contributed by atoms with Gasteiger partial charge in [-0.05, 0) is 36.2 Å². The summed E-state index contributed by atoms with van der Waals surface area (Å²) in [7, 11) is 3.49. The number of rotatable bonds is 4. The number of aromatic nitrogens is 1. The summed E-state index contributed by atoms with van der Waals surface area (Å²) in [6, 6.07) is 6.14. The number of nitrogens with zero attached hydrogens (tertiary/aromatic N) is 2. The second kappa shape index (κ2) is 6.00. The minimum atomic E-state index is -0.280. The summed E-state index contributed by atoms with van der Waals surface area (Å²) in [5, 5.41) is 3.74. The van der Waals surface area contributed by atoms with Crippen LogP contribution in [0.2, 0.25) is 0 Å². The summed E-state index contributed by atoms with van der Waals surface area (Å²) in [4.78, 5) is 14.1. The van der Waals surface area contributed by atoms with E-state index in [1.807, 2.05) is 6.92 Å². The van der Waals surface area contributed by atoms with Gasteiger partial charge >= 0.3 is 0 Å². The molecule has 0 radical (unpaired) electrons. The molecule has 4 nitrogen and oxygen atoms in total. The number of benzene rings is 1. The van der Waals surface area contributed by atoms with Crippen LogP contribution in [0.5, 0.6) is 0 Å². The van der Waals surface area contributed by atoms with Crippen molar-refractivity contribution in [1.29, 1.82) is 0 Å². The fourth-order valence-electron chi connectivity index (χ4n) is 1.92. The van der Waals surface area contributed by atoms with Gasteiger partial charge in [0.25, 0.3) is 5.91 Å². The Balaban J connectivity index is 2.16. The van der Waals surface area contributed by atoms with Crippen LogP contribution in [0.25, 0.3) is 0 Å². The Morgan fingerprint density at radius 1 is 1.40 bits per heavy atom. The van der Waals surface area contributed by atoms with Crippen LogP contribution in [-0.4, -0.2) is 29.3 Å². The zero-order valence-electron chi connectivity index (χ0n) is 11.6. The molecule has 0 atom stereocenters. The first kappa shape index (κ1) is 14.5. The quantitative estimate of drug-likeness (QED) is 0.942. The minimum absolute atomic E-state index is 0.0927. The maximum Gasteiger partial charge on any atom is 0.258 e. The normalized spacial score (nSPS) is 10.4. The Labute approximate surface area is 121 Å². The number of carbonyl (C=O) groups is 1. The van der Waals surface area contributed by atoms with Crippen LogP contribution in [0, 0.1) is 12.7 Å². The molecule has 1 amide bonds. The molecule has 0 aliphatic rings. The van der Waals surface area contributed by atoms with Crippen molar-refractivity contribution in [2.45, 2.75) is 13.5 Å². The summed E-state index contributed by atoms with van der Waals surface area (Å²) in [5.74, 6) is -0.372. The van der Waals surface area contributed by atoms with Gasteiger partial charge in [-0.2, -0.15) is 4.37 Å². The van der Waals surface area contributed by atoms with E-state index in [-0.39, 0.29) is 11.7 Å². The first-order chi connectivity index (χ1) is 9.52. The highest BCUT2D eigenvalue weighted by Crippen LogP contribution is 2.25. The molecule has 0 bridgehead atoms. The second-order valence-corrected chi connectivity index (χ2v) is 5.28. The van der Waals surface area contributed by atoms with Crippen molar-refractivity contribution < 1.29 is 9.18 Å². The third-order valence-electron chi connectivity index (χ3n) is 2.98. The van der Waals surface area contributed by atoms with Gasteiger partial charge in [0.15, 0.2) is 0 Å². The molecule has 0 aliphatic carbocycles. The Bertz CT molecular complexity index is 609. The first-order valence-electron chi connectivity index (χ1n) is 6.17. The number of hydrogen-bond donors (Lipinski definition) is 1. The number of anilines is 1. The van der Waals surface area contributed by atoms with Crippen LogP contribution in [0.4, 0.5) is 9.39 Å². The first-order valence-corrected chi connectivity index (χ1v) is 6.94. The van der Waals surface area contributed by atoms with Gasteiger partial charge < -0.3 is 10.2 Å². The highest BCUT2D eigenvalue weighted by Gasteiger charge is 2.21. The molecule has 2 aromatic rings. The Morgan fingerprint density at radius 3 is 2.65 bits per heavy atom. The molecular weight excluding hydrogens is 277 g/mol. The molecule has 0 fully saturated rings. The van der Waals surface area contributed by atoms with Crippen LogP contribution in [-0.2, 0) is 6.54 Å². The highest BCUT2D eigenvalue weighted by atomic mass is 32.1. The number of aryl methyl sites for hydroxylation is 1. The predicted molar refractivity (Wildman–Crippen MR) is 78.6 cm³/mol. The van der Waals surface area contributed by atoms with Crippen molar-refractivity contribution in [1.82, 2.24) is 9.27 Å². The Hall–Kier alpha value is -1.95. The van der Waals surface area contributed by atoms with E-state index < -0.39 is 0 Å². The Kier molecular flexibility index (Phi) is 4.34. The van der Waals surface area contributed by atoms with Gasteiger partial charge in [0.1, 0.15) is 10.8 Å². The van der Waals surface area contributed by atoms with Crippen LogP contribution in [0.15, 0.2) is 24.3 Å². The summed E-state index contributed by atoms with van der Waals surface area (Å²) >= 11 is 1.27. The van der Waals surface area contributed by atoms with E-state index in [9.17, 15) is 9.18 Å². The fraction of sp³-hybridized carbons (Fsp3) is 0.286. The molecule has 6 heteroatoms. The lowest BCUT2D eigenvalue weighted by Crippen LogP contribution is -2.27. The molecule has 2 rings (SSSR count). The largest absolute Gasteiger partial charge is 0.378 e. The average molecular weight is 293 g/mol. The zero-order chi connectivity index (χ0) is 14.7. The molecule has 106 valence electrons. The monoisotopic (exact) mass is 293 g/mol. The van der Waals surface area contributed by atoms with Crippen LogP contribution in [0.3, 0.4) is 0 Å². The van der Waals surface area contributed by atoms with Gasteiger partial charge in [-0.3, -0.25) is 4.79 Å². The van der Waals surface area contributed by atoms with Crippen molar-refractivity contribution in [2.24, 2.45) is 0 Å². The van der Waals surface area contributed by atoms with E-state index in [1.54, 1.807) is 31.1 Å². The summed E-state index contributed by atoms with van der Waals surface area (Å²) in [6.45, 7) is 2.24. The third-order valence-corrected chi connectivity index (χ3v) is 3.94. The molecular formula is C14H16FN3OS. The predicted octanol–water partition coefficient (Wildman–Crippen LogP) is 2.90. The Morgan fingerprint density at radius 2 is 2.05 bits per heavy atom. The maximum absolute atomic E-state index is 12.9. The molecule has 0 spiro atoms. The third kappa shape index (κ3) is 2.96. The van der Waals surface area contributed by atoms with Crippen LogP contribution >= 0.6 is 11.5 Å². The number of hydrogen-bond acceptors (Lipinski definition) is 4. The van der Waals surface area contributed by atoms with E-state index in [0.29, 0.717) is 12.1 Å². The molecule has 0 saturated carbocycles. The van der Waals surface area contributed by atoms with E-state index in [1.165, 1.54) is 23.7 Å². The van der Waals surface area contributed by atoms with Crippen molar-refractivity contribution in [2.75, 3.05) is 19.4 Å². The van der Waals surface area contributed by atoms with Gasteiger partial charge in [0, 0.05) is 20.6 Å². The number of nitrogens with one attached hydrogen (secondary N) is 1. The van der Waals surface area contributed by atoms with E-state index in [0.717, 1.165) is 16.3 Å². The molecule has 0 aliphatic heterocycles. The smallest absolute Gasteiger partial charge is 0.258 e. The lowest BCUT2D eigenvalue weighted by molar-refractivity contribution is 0.0785. The molecule has 0 unspecified atom stereocenters. The van der Waals surface area contributed by atoms with Crippen molar-refractivity contribution in [3.05, 3.63) is 46.9 Å². The van der Waals surface area contributed by atoms with Crippen molar-refractivity contribution >= 4 is 22.4 Å². The second-order valence-electron chi connectivity index (χ2n) is 4.51. The van der Waals surface area contributed by atoms with E-state index in [4.69, 9.17) is 0 Å². The lowest BCUT2D eigenvalue weighted by atomic mass is 10.2. The summed E-state index contributed by atoms with van der Waals surface area (Å²) in [5.41, 5.74) is 2.20. The fourth-order valence-corrected chi connectivity index (χ4v) is 2.66. The standard InChI is InChI=1S/C14H16FN3OS/c1-9-12(13(16-2)20-17-9)14(19)18(3)8-10-4-6-11(15)7-5-10/h4-7,16H,8H2,1-3H3. The zero-order valence-corrected chi connectivity index (χ0v) is 12.4. The van der Waals surface area contributed by atoms with Crippen LogP contribution in [0.1, 0.15) is 21.6 Å². The van der Waals surface area contributed by atoms with Gasteiger partial charge in [-0.15, -0.1) is 0 Å². The SMILES string of the molecule is CNc1snc(C)c1C(=O)N(C)Cc1ccc(F)cc1. The molecule has 0 saturated heterocycles. The molecule has 1 heterocycles. The minimum Gasteiger partial charge on any atom is -0.378 e. The number of halogens is 1. The molecule has 1 N–H and O–H groups in total. The van der Waals surface area contributed by atoms with E-state index in [2.05, 4.69) is 9.69 Å². The van der Waals surface area contributed by atoms with Crippen molar-refractivity contribution in [3.8, 4) is 0 Å². The highest BCUT2D eigenvalue weighted by molar-refractivity contribution is 7.10. The van der Waals surface area contributed by atoms with Gasteiger partial charge in [0.05, 0.1) is 11.3 Å². The molecule has 1 aromatic heterocycles. The van der Waals surface area contributed by atoms with Gasteiger partial charge in [-0.25, -0.2) is 4.39 Å². The van der Waals surface area contributed by atoms with E-state index >= 15 is 0 Å². The molecule has 20 heavy (non-hydrogen) atoms. The number of carbonyl (C=O) groups excluding carboxylic acids is 1. The van der Waals surface area contributed by atoms with Crippen molar-refractivity contribution in [3.63, 3.8) is 0 Å². The molecule has 1 aromatic carbocycles. The maximum atomic E-state index is 12.9. The average Bonchev–Trinajstić information content (AvgIpc) is 2.81. The topological polar surface area (TPSA) is 45.2 Å². The number of amides is 1. The lowest BCUT2D eigenvalue weighted by Gasteiger charge is -2.17. The van der Waals surface area contributed by atoms with Crippen LogP contribution < -0.4 is 5.32 Å². The van der Waals surface area contributed by atoms with Gasteiger partial charge in [-0.1, -0.05) is 12.1 Å². The summed E-state index contributed by atoms with van der Waals surface area (Å²) in [6.07, 6.45) is 0. The summed E-state index contributed by atoms with van der Waals surface area (Å²) < 4.78 is 17.1. The van der Waals surface area contributed by atoms with Gasteiger partial charge in [0.2, 0.25) is 0 Å².